The summed E-state index contributed by atoms with van der Waals surface area (Å²) < 4.78 is 12.3. The first kappa shape index (κ1) is 19.5. The van der Waals surface area contributed by atoms with Gasteiger partial charge in [-0.15, -0.1) is 0 Å². The van der Waals surface area contributed by atoms with Crippen LogP contribution in [0.3, 0.4) is 0 Å². The summed E-state index contributed by atoms with van der Waals surface area (Å²) in [5.41, 5.74) is 0.277. The summed E-state index contributed by atoms with van der Waals surface area (Å²) in [4.78, 5) is 12.3. The van der Waals surface area contributed by atoms with E-state index in [1.54, 1.807) is 0 Å². The van der Waals surface area contributed by atoms with Crippen molar-refractivity contribution in [2.45, 2.75) is 96.4 Å². The van der Waals surface area contributed by atoms with Crippen LogP contribution >= 0.6 is 0 Å². The maximum Gasteiger partial charge on any atom is 0.157 e. The molecule has 1 saturated heterocycles. The van der Waals surface area contributed by atoms with Gasteiger partial charge in [0.05, 0.1) is 12.7 Å². The van der Waals surface area contributed by atoms with Gasteiger partial charge < -0.3 is 14.6 Å². The van der Waals surface area contributed by atoms with Crippen LogP contribution in [-0.2, 0) is 14.3 Å². The summed E-state index contributed by atoms with van der Waals surface area (Å²) in [5, 5.41) is 10.7. The van der Waals surface area contributed by atoms with Crippen LogP contribution in [0.25, 0.3) is 0 Å². The monoisotopic (exact) mass is 390 g/mol. The van der Waals surface area contributed by atoms with Gasteiger partial charge in [-0.1, -0.05) is 6.92 Å². The van der Waals surface area contributed by atoms with Crippen molar-refractivity contribution in [2.75, 3.05) is 13.2 Å². The number of aliphatic hydroxyl groups is 1. The molecule has 0 aromatic carbocycles. The number of hydrogen-bond donors (Lipinski definition) is 1. The molecule has 5 fully saturated rings. The van der Waals surface area contributed by atoms with Gasteiger partial charge in [0.25, 0.3) is 0 Å². The zero-order valence-electron chi connectivity index (χ0n) is 17.5. The third-order valence-corrected chi connectivity index (χ3v) is 9.81. The summed E-state index contributed by atoms with van der Waals surface area (Å²) in [6.07, 6.45) is 12.6. The third kappa shape index (κ3) is 3.01. The van der Waals surface area contributed by atoms with Crippen LogP contribution in [0.1, 0.15) is 84.0 Å². The van der Waals surface area contributed by atoms with E-state index in [1.165, 1.54) is 32.1 Å². The molecule has 0 aromatic heterocycles. The summed E-state index contributed by atoms with van der Waals surface area (Å²) in [6, 6.07) is 0. The number of fused-ring (bicyclic) bond motifs is 5. The standard InChI is InChI=1S/C24H38O4/c1-23-11-10-20-18(19(23)7-8-21(23)26)6-5-16-14-17(25)9-12-24(16,20)15-28-22-4-2-3-13-27-22/h16,18-22,26H,2-15H2,1H3/t16-,18-,19-,20-,21?,22?,23-,24?/m0/s1. The Kier molecular flexibility index (Phi) is 5.12. The lowest BCUT2D eigenvalue weighted by Gasteiger charge is -2.61. The van der Waals surface area contributed by atoms with Gasteiger partial charge in [0.15, 0.2) is 6.29 Å². The summed E-state index contributed by atoms with van der Waals surface area (Å²) >= 11 is 0. The Morgan fingerprint density at radius 3 is 2.79 bits per heavy atom. The minimum atomic E-state index is -0.119. The Morgan fingerprint density at radius 2 is 1.96 bits per heavy atom. The molecule has 4 saturated carbocycles. The molecular formula is C24H38O4. The largest absolute Gasteiger partial charge is 0.393 e. The second-order valence-corrected chi connectivity index (χ2v) is 10.9. The van der Waals surface area contributed by atoms with Gasteiger partial charge in [-0.25, -0.2) is 0 Å². The fourth-order valence-corrected chi connectivity index (χ4v) is 8.19. The van der Waals surface area contributed by atoms with Crippen molar-refractivity contribution in [3.63, 3.8) is 0 Å². The molecule has 5 aliphatic rings. The van der Waals surface area contributed by atoms with E-state index in [0.29, 0.717) is 29.5 Å². The Bertz CT molecular complexity index is 599. The number of Topliss-reactive ketones (excluding diaryl/α,β-unsaturated/α-hetero) is 1. The van der Waals surface area contributed by atoms with Crippen molar-refractivity contribution < 1.29 is 19.4 Å². The van der Waals surface area contributed by atoms with Crippen molar-refractivity contribution in [2.24, 2.45) is 34.5 Å². The zero-order valence-corrected chi connectivity index (χ0v) is 17.5. The molecule has 3 unspecified atom stereocenters. The number of carbonyl (C=O) groups is 1. The topological polar surface area (TPSA) is 55.8 Å². The van der Waals surface area contributed by atoms with Crippen molar-refractivity contribution in [3.05, 3.63) is 0 Å². The Balaban J connectivity index is 1.40. The highest BCUT2D eigenvalue weighted by Gasteiger charge is 2.61. The fraction of sp³-hybridized carbons (Fsp3) is 0.958. The van der Waals surface area contributed by atoms with Crippen LogP contribution in [0, 0.1) is 34.5 Å². The molecule has 4 nitrogen and oxygen atoms in total. The second-order valence-electron chi connectivity index (χ2n) is 10.9. The molecule has 0 amide bonds. The molecule has 158 valence electrons. The van der Waals surface area contributed by atoms with Crippen LogP contribution in [0.4, 0.5) is 0 Å². The number of aliphatic hydroxyl groups excluding tert-OH is 1. The van der Waals surface area contributed by atoms with Crippen LogP contribution in [0.15, 0.2) is 0 Å². The highest BCUT2D eigenvalue weighted by molar-refractivity contribution is 5.79. The number of ketones is 1. The molecule has 4 heteroatoms. The van der Waals surface area contributed by atoms with Crippen molar-refractivity contribution in [1.82, 2.24) is 0 Å². The van der Waals surface area contributed by atoms with E-state index in [4.69, 9.17) is 9.47 Å². The molecule has 0 aromatic rings. The molecular weight excluding hydrogens is 352 g/mol. The number of ether oxygens (including phenoxy) is 2. The van der Waals surface area contributed by atoms with Crippen LogP contribution < -0.4 is 0 Å². The highest BCUT2D eigenvalue weighted by Crippen LogP contribution is 2.66. The van der Waals surface area contributed by atoms with E-state index >= 15 is 0 Å². The van der Waals surface area contributed by atoms with E-state index in [1.807, 2.05) is 0 Å². The van der Waals surface area contributed by atoms with Gasteiger partial charge >= 0.3 is 0 Å². The lowest BCUT2D eigenvalue weighted by molar-refractivity contribution is -0.215. The second kappa shape index (κ2) is 7.35. The molecule has 4 aliphatic carbocycles. The zero-order chi connectivity index (χ0) is 19.4. The first-order valence-electron chi connectivity index (χ1n) is 12.0. The van der Waals surface area contributed by atoms with Crippen LogP contribution in [0.2, 0.25) is 0 Å². The van der Waals surface area contributed by atoms with Gasteiger partial charge in [0.1, 0.15) is 5.78 Å². The molecule has 0 spiro atoms. The molecule has 0 bridgehead atoms. The SMILES string of the molecule is C[C@]12CC[C@H]3[C@@H](CC[C@H]4CC(=O)CCC43COC3CCCCO3)[C@@H]1CCC2O. The van der Waals surface area contributed by atoms with Crippen molar-refractivity contribution >= 4 is 5.78 Å². The first-order valence-corrected chi connectivity index (χ1v) is 12.0. The number of hydrogen-bond acceptors (Lipinski definition) is 4. The maximum absolute atomic E-state index is 12.3. The lowest BCUT2D eigenvalue weighted by atomic mass is 9.45. The Morgan fingerprint density at radius 1 is 1.07 bits per heavy atom. The van der Waals surface area contributed by atoms with Gasteiger partial charge in [0.2, 0.25) is 0 Å². The van der Waals surface area contributed by atoms with E-state index in [0.717, 1.165) is 58.2 Å². The van der Waals surface area contributed by atoms with Gasteiger partial charge in [0, 0.05) is 24.9 Å². The van der Waals surface area contributed by atoms with Crippen LogP contribution in [0.5, 0.6) is 0 Å². The lowest BCUT2D eigenvalue weighted by Crippen LogP contribution is -2.57. The molecule has 1 aliphatic heterocycles. The molecule has 28 heavy (non-hydrogen) atoms. The van der Waals surface area contributed by atoms with Gasteiger partial charge in [-0.2, -0.15) is 0 Å². The maximum atomic E-state index is 12.3. The molecule has 1 N–H and O–H groups in total. The molecule has 8 atom stereocenters. The molecule has 5 rings (SSSR count). The molecule has 1 heterocycles. The Hall–Kier alpha value is -0.450. The predicted octanol–water partition coefficient (Wildman–Crippen LogP) is 4.48. The minimum absolute atomic E-state index is 0.0380. The Labute approximate surface area is 169 Å². The number of rotatable bonds is 3. The van der Waals surface area contributed by atoms with Crippen molar-refractivity contribution in [3.8, 4) is 0 Å². The van der Waals surface area contributed by atoms with Gasteiger partial charge in [-0.05, 0) is 93.3 Å². The van der Waals surface area contributed by atoms with Crippen molar-refractivity contribution in [1.29, 1.82) is 0 Å². The fourth-order valence-electron chi connectivity index (χ4n) is 8.19. The number of carbonyl (C=O) groups excluding carboxylic acids is 1. The van der Waals surface area contributed by atoms with E-state index in [-0.39, 0.29) is 23.2 Å². The average molecular weight is 391 g/mol. The quantitative estimate of drug-likeness (QED) is 0.772. The van der Waals surface area contributed by atoms with E-state index < -0.39 is 0 Å². The van der Waals surface area contributed by atoms with Gasteiger partial charge in [-0.3, -0.25) is 4.79 Å². The average Bonchev–Trinajstić information content (AvgIpc) is 3.02. The smallest absolute Gasteiger partial charge is 0.157 e. The normalized spacial score (nSPS) is 51.3. The van der Waals surface area contributed by atoms with Crippen LogP contribution in [-0.4, -0.2) is 36.5 Å². The summed E-state index contributed by atoms with van der Waals surface area (Å²) in [5.74, 6) is 2.98. The minimum Gasteiger partial charge on any atom is -0.393 e. The predicted molar refractivity (Wildman–Crippen MR) is 107 cm³/mol. The molecule has 0 radical (unpaired) electrons. The first-order chi connectivity index (χ1) is 13.5. The third-order valence-electron chi connectivity index (χ3n) is 9.81. The van der Waals surface area contributed by atoms with E-state index in [2.05, 4.69) is 6.92 Å². The highest BCUT2D eigenvalue weighted by atomic mass is 16.7. The summed E-state index contributed by atoms with van der Waals surface area (Å²) in [6.45, 7) is 3.95. The van der Waals surface area contributed by atoms with E-state index in [9.17, 15) is 9.90 Å². The summed E-state index contributed by atoms with van der Waals surface area (Å²) in [7, 11) is 0.